The maximum Gasteiger partial charge on any atom is 0.452 e. The second-order valence-electron chi connectivity index (χ2n) is 8.48. The fourth-order valence-corrected chi connectivity index (χ4v) is 2.92. The first-order chi connectivity index (χ1) is 19.9. The minimum absolute atomic E-state index is 0.0875. The summed E-state index contributed by atoms with van der Waals surface area (Å²) in [6, 6.07) is 18.3. The molecule has 0 unspecified atom stereocenters. The lowest BCUT2D eigenvalue weighted by molar-refractivity contribution is 0.141. The average molecular weight is 571 g/mol. The van der Waals surface area contributed by atoms with Gasteiger partial charge in [0.2, 0.25) is 0 Å². The van der Waals surface area contributed by atoms with E-state index in [-0.39, 0.29) is 26.4 Å². The summed E-state index contributed by atoms with van der Waals surface area (Å²) in [5.41, 5.74) is 1.66. The summed E-state index contributed by atoms with van der Waals surface area (Å²) in [4.78, 5) is 44.7. The topological polar surface area (TPSA) is 155 Å². The highest BCUT2D eigenvalue weighted by Gasteiger charge is 2.05. The summed E-state index contributed by atoms with van der Waals surface area (Å²) < 4.78 is 19.2. The molecule has 222 valence electrons. The fourth-order valence-electron chi connectivity index (χ4n) is 2.92. The first kappa shape index (κ1) is 34.5. The Hall–Kier alpha value is -4.48. The molecule has 0 atom stereocenters. The molecule has 41 heavy (non-hydrogen) atoms. The van der Waals surface area contributed by atoms with E-state index in [1.54, 1.807) is 0 Å². The van der Waals surface area contributed by atoms with Gasteiger partial charge in [-0.05, 0) is 24.0 Å². The Morgan fingerprint density at radius 1 is 0.488 bits per heavy atom. The van der Waals surface area contributed by atoms with Gasteiger partial charge >= 0.3 is 24.4 Å². The van der Waals surface area contributed by atoms with E-state index in [9.17, 15) is 19.2 Å². The van der Waals surface area contributed by atoms with Gasteiger partial charge in [0, 0.05) is 0 Å². The molecule has 12 heteroatoms. The summed E-state index contributed by atoms with van der Waals surface area (Å²) in [6.07, 6.45) is 3.20. The van der Waals surface area contributed by atoms with Crippen LogP contribution in [0.25, 0.3) is 0 Å². The number of nitrogens with zero attached hydrogens (tertiary/aromatic N) is 4. The lowest BCUT2D eigenvalue weighted by Gasteiger charge is -2.01. The highest BCUT2D eigenvalue weighted by atomic mass is 16.6. The van der Waals surface area contributed by atoms with Crippen molar-refractivity contribution in [3.8, 4) is 0 Å². The molecule has 0 radical (unpaired) electrons. The first-order valence-corrected chi connectivity index (χ1v) is 13.5. The highest BCUT2D eigenvalue weighted by Crippen LogP contribution is 2.04. The zero-order chi connectivity index (χ0) is 30.0. The van der Waals surface area contributed by atoms with Crippen molar-refractivity contribution < 1.29 is 38.1 Å². The van der Waals surface area contributed by atoms with Gasteiger partial charge in [-0.25, -0.2) is 19.2 Å². The second-order valence-corrected chi connectivity index (χ2v) is 8.48. The summed E-state index contributed by atoms with van der Waals surface area (Å²) in [5.74, 6) is 0. The smallest absolute Gasteiger partial charge is 0.447 e. The van der Waals surface area contributed by atoms with Crippen LogP contribution in [0.4, 0.5) is 19.2 Å². The number of benzene rings is 2. The number of hydrogen-bond donors (Lipinski definition) is 0. The third-order valence-electron chi connectivity index (χ3n) is 5.03. The molecule has 0 spiro atoms. The number of ether oxygens (including phenoxy) is 4. The fraction of sp³-hybridized carbons (Fsp3) is 0.448. The number of carbonyl (C=O) groups excluding carboxylic acids is 4. The number of rotatable bonds is 13. The molecule has 0 fully saturated rings. The van der Waals surface area contributed by atoms with Gasteiger partial charge in [0.15, 0.2) is 0 Å². The van der Waals surface area contributed by atoms with Crippen LogP contribution in [0.1, 0.15) is 69.9 Å². The molecule has 2 aromatic rings. The van der Waals surface area contributed by atoms with Crippen LogP contribution in [0.15, 0.2) is 81.1 Å². The van der Waals surface area contributed by atoms with Crippen molar-refractivity contribution in [3.05, 3.63) is 71.8 Å². The zero-order valence-electron chi connectivity index (χ0n) is 23.6. The Morgan fingerprint density at radius 3 is 1.22 bits per heavy atom. The van der Waals surface area contributed by atoms with Gasteiger partial charge in [0.05, 0.1) is 13.2 Å². The van der Waals surface area contributed by atoms with Gasteiger partial charge in [0.1, 0.15) is 13.2 Å². The quantitative estimate of drug-likeness (QED) is 0.132. The number of hydrogen-bond acceptors (Lipinski definition) is 8. The molecule has 0 N–H and O–H groups in total. The van der Waals surface area contributed by atoms with Crippen LogP contribution in [0, 0.1) is 0 Å². The van der Waals surface area contributed by atoms with Gasteiger partial charge in [-0.1, -0.05) is 127 Å². The van der Waals surface area contributed by atoms with Crippen molar-refractivity contribution in [1.82, 2.24) is 0 Å². The molecule has 0 aromatic heterocycles. The van der Waals surface area contributed by atoms with Crippen molar-refractivity contribution in [3.63, 3.8) is 0 Å². The Balaban J connectivity index is 0.000000410. The van der Waals surface area contributed by atoms with Crippen LogP contribution in [-0.4, -0.2) is 37.6 Å². The third kappa shape index (κ3) is 20.1. The summed E-state index contributed by atoms with van der Waals surface area (Å²) in [5, 5.41) is 12.5. The van der Waals surface area contributed by atoms with Crippen LogP contribution < -0.4 is 0 Å². The standard InChI is InChI=1S/C15H20N2O4.C14H18N2O4/c1-2-3-4-8-11-20-14(18)16-17-15(19)21-12-13-9-6-5-7-10-13;1-2-3-7-10-19-13(17)15-16-14(18)20-11-12-8-5-4-6-9-12/h5-7,9-10H,2-4,8,11-12H2,1H3;4-6,8-9H,2-3,7,10-11H2,1H3. The van der Waals surface area contributed by atoms with E-state index < -0.39 is 24.4 Å². The summed E-state index contributed by atoms with van der Waals surface area (Å²) >= 11 is 0. The lowest BCUT2D eigenvalue weighted by atomic mass is 10.2. The van der Waals surface area contributed by atoms with E-state index >= 15 is 0 Å². The Kier molecular flexibility index (Phi) is 19.7. The van der Waals surface area contributed by atoms with Crippen molar-refractivity contribution in [2.24, 2.45) is 20.5 Å². The average Bonchev–Trinajstić information content (AvgIpc) is 3.00. The minimum Gasteiger partial charge on any atom is -0.447 e. The molecule has 0 aliphatic rings. The predicted octanol–water partition coefficient (Wildman–Crippen LogP) is 8.59. The van der Waals surface area contributed by atoms with Gasteiger partial charge in [-0.3, -0.25) is 0 Å². The van der Waals surface area contributed by atoms with Crippen LogP contribution in [0.5, 0.6) is 0 Å². The molecule has 4 amide bonds. The molecule has 0 saturated carbocycles. The molecular formula is C29H38N4O8. The van der Waals surface area contributed by atoms with Gasteiger partial charge in [0.25, 0.3) is 0 Å². The molecule has 0 aliphatic heterocycles. The molecule has 2 rings (SSSR count). The van der Waals surface area contributed by atoms with E-state index in [1.165, 1.54) is 0 Å². The van der Waals surface area contributed by atoms with E-state index in [0.29, 0.717) is 0 Å². The Bertz CT molecular complexity index is 1080. The maximum atomic E-state index is 11.2. The molecular weight excluding hydrogens is 532 g/mol. The Morgan fingerprint density at radius 2 is 0.829 bits per heavy atom. The normalized spacial score (nSPS) is 10.5. The monoisotopic (exact) mass is 570 g/mol. The second kappa shape index (κ2) is 23.4. The summed E-state index contributed by atoms with van der Waals surface area (Å²) in [7, 11) is 0. The number of carbonyl (C=O) groups is 4. The molecule has 12 nitrogen and oxygen atoms in total. The number of azo groups is 2. The van der Waals surface area contributed by atoms with Crippen LogP contribution >= 0.6 is 0 Å². The third-order valence-corrected chi connectivity index (χ3v) is 5.03. The number of amides is 4. The highest BCUT2D eigenvalue weighted by molar-refractivity contribution is 5.73. The van der Waals surface area contributed by atoms with Gasteiger partial charge < -0.3 is 18.9 Å². The van der Waals surface area contributed by atoms with Crippen LogP contribution in [-0.2, 0) is 32.2 Å². The number of unbranched alkanes of at least 4 members (excludes halogenated alkanes) is 5. The largest absolute Gasteiger partial charge is 0.452 e. The van der Waals surface area contributed by atoms with Crippen molar-refractivity contribution in [2.45, 2.75) is 72.0 Å². The SMILES string of the molecule is CCCCCCOC(=O)N=NC(=O)OCc1ccccc1.CCCCCOC(=O)N=NC(=O)OCc1ccccc1. The molecule has 2 aromatic carbocycles. The van der Waals surface area contributed by atoms with E-state index in [4.69, 9.17) is 18.9 Å². The molecule has 0 aliphatic carbocycles. The molecule has 0 heterocycles. The lowest BCUT2D eigenvalue weighted by Crippen LogP contribution is -2.03. The molecule has 0 bridgehead atoms. The van der Waals surface area contributed by atoms with Gasteiger partial charge in [-0.2, -0.15) is 0 Å². The minimum atomic E-state index is -0.917. The van der Waals surface area contributed by atoms with Crippen LogP contribution in [0.3, 0.4) is 0 Å². The van der Waals surface area contributed by atoms with E-state index in [2.05, 4.69) is 27.4 Å². The van der Waals surface area contributed by atoms with E-state index in [0.717, 1.165) is 56.1 Å². The van der Waals surface area contributed by atoms with E-state index in [1.807, 2.05) is 67.6 Å². The zero-order valence-corrected chi connectivity index (χ0v) is 23.6. The van der Waals surface area contributed by atoms with Crippen molar-refractivity contribution in [2.75, 3.05) is 13.2 Å². The Labute approximate surface area is 240 Å². The summed E-state index contributed by atoms with van der Waals surface area (Å²) in [6.45, 7) is 4.89. The van der Waals surface area contributed by atoms with Crippen LogP contribution in [0.2, 0.25) is 0 Å². The van der Waals surface area contributed by atoms with Crippen molar-refractivity contribution in [1.29, 1.82) is 0 Å². The predicted molar refractivity (Wildman–Crippen MR) is 149 cm³/mol. The first-order valence-electron chi connectivity index (χ1n) is 13.5. The van der Waals surface area contributed by atoms with Crippen molar-refractivity contribution >= 4 is 24.4 Å². The van der Waals surface area contributed by atoms with Gasteiger partial charge in [-0.15, -0.1) is 0 Å². The molecule has 0 saturated heterocycles. The maximum absolute atomic E-state index is 11.2.